The number of carbonyl (C=O) groups is 2. The summed E-state index contributed by atoms with van der Waals surface area (Å²) in [6.07, 6.45) is 0. The van der Waals surface area contributed by atoms with E-state index in [9.17, 15) is 18.4 Å². The first-order chi connectivity index (χ1) is 19.2. The van der Waals surface area contributed by atoms with Crippen LogP contribution in [0.1, 0.15) is 61.1 Å². The third kappa shape index (κ3) is 5.36. The molecule has 1 aliphatic rings. The summed E-state index contributed by atoms with van der Waals surface area (Å²) in [5.74, 6) is -2.91. The molecular weight excluding hydrogens is 554 g/mol. The van der Waals surface area contributed by atoms with E-state index in [1.807, 2.05) is 45.6 Å². The lowest BCUT2D eigenvalue weighted by Gasteiger charge is -2.47. The second-order valence-electron chi connectivity index (χ2n) is 11.8. The molecule has 1 aromatic carbocycles. The van der Waals surface area contributed by atoms with Crippen LogP contribution in [0.5, 0.6) is 0 Å². The number of hydrogen-bond acceptors (Lipinski definition) is 6. The van der Waals surface area contributed by atoms with Crippen molar-refractivity contribution in [1.82, 2.24) is 14.9 Å². The molecule has 0 spiro atoms. The van der Waals surface area contributed by atoms with Crippen molar-refractivity contribution in [2.45, 2.75) is 45.6 Å². The van der Waals surface area contributed by atoms with Crippen LogP contribution in [0.3, 0.4) is 0 Å². The molecule has 8 nitrogen and oxygen atoms in total. The number of halogens is 3. The maximum absolute atomic E-state index is 14.2. The van der Waals surface area contributed by atoms with Crippen molar-refractivity contribution in [1.29, 1.82) is 0 Å². The monoisotopic (exact) mass is 582 g/mol. The molecule has 3 aromatic heterocycles. The van der Waals surface area contributed by atoms with Gasteiger partial charge in [-0.3, -0.25) is 4.79 Å². The first-order valence-electron chi connectivity index (χ1n) is 13.0. The number of furan rings is 1. The van der Waals surface area contributed by atoms with Crippen molar-refractivity contribution in [3.05, 3.63) is 76.1 Å². The van der Waals surface area contributed by atoms with Crippen LogP contribution in [-0.2, 0) is 5.41 Å². The van der Waals surface area contributed by atoms with Gasteiger partial charge in [0.1, 0.15) is 22.7 Å². The Morgan fingerprint density at radius 3 is 2.39 bits per heavy atom. The molecule has 4 heterocycles. The van der Waals surface area contributed by atoms with Crippen molar-refractivity contribution in [3.63, 3.8) is 0 Å². The molecule has 1 amide bonds. The van der Waals surface area contributed by atoms with Gasteiger partial charge < -0.3 is 19.3 Å². The minimum Gasteiger partial charge on any atom is -0.478 e. The Balaban J connectivity index is 1.46. The number of nitrogens with zero attached hydrogens (tertiary/aromatic N) is 4. The summed E-state index contributed by atoms with van der Waals surface area (Å²) in [4.78, 5) is 37.0. The van der Waals surface area contributed by atoms with E-state index in [0.29, 0.717) is 47.8 Å². The number of rotatable bonds is 4. The fraction of sp³-hybridized carbons (Fsp3) is 0.333. The van der Waals surface area contributed by atoms with E-state index in [2.05, 4.69) is 9.97 Å². The summed E-state index contributed by atoms with van der Waals surface area (Å²) in [6, 6.07) is 10.6. The van der Waals surface area contributed by atoms with E-state index < -0.39 is 28.8 Å². The molecule has 0 atom stereocenters. The van der Waals surface area contributed by atoms with Crippen molar-refractivity contribution in [3.8, 4) is 11.3 Å². The average molecular weight is 583 g/mol. The van der Waals surface area contributed by atoms with E-state index in [1.165, 1.54) is 24.3 Å². The molecule has 0 bridgehead atoms. The van der Waals surface area contributed by atoms with Crippen LogP contribution < -0.4 is 4.90 Å². The third-order valence-corrected chi connectivity index (χ3v) is 7.56. The van der Waals surface area contributed by atoms with E-state index in [1.54, 1.807) is 17.0 Å². The average Bonchev–Trinajstić information content (AvgIpc) is 3.32. The molecule has 11 heteroatoms. The largest absolute Gasteiger partial charge is 0.478 e. The summed E-state index contributed by atoms with van der Waals surface area (Å²) in [5.41, 5.74) is 1.27. The number of carboxylic acid groups (broad SMARTS) is 1. The number of piperazine rings is 1. The normalized spacial score (nSPS) is 15.4. The molecule has 4 aromatic rings. The van der Waals surface area contributed by atoms with Crippen molar-refractivity contribution >= 4 is 40.4 Å². The lowest BCUT2D eigenvalue weighted by atomic mass is 9.86. The topological polar surface area (TPSA) is 99.8 Å². The number of aromatic carboxylic acids is 1. The highest BCUT2D eigenvalue weighted by molar-refractivity contribution is 6.30. The Morgan fingerprint density at radius 1 is 1.05 bits per heavy atom. The van der Waals surface area contributed by atoms with Gasteiger partial charge in [-0.25, -0.2) is 19.2 Å². The number of amides is 1. The Morgan fingerprint density at radius 2 is 1.78 bits per heavy atom. The van der Waals surface area contributed by atoms with Crippen LogP contribution in [0.4, 0.5) is 14.6 Å². The minimum absolute atomic E-state index is 0.0166. The number of hydrogen-bond donors (Lipinski definition) is 1. The van der Waals surface area contributed by atoms with Crippen molar-refractivity contribution < 1.29 is 27.9 Å². The van der Waals surface area contributed by atoms with E-state index >= 15 is 0 Å². The molecule has 214 valence electrons. The molecule has 41 heavy (non-hydrogen) atoms. The van der Waals surface area contributed by atoms with Gasteiger partial charge in [0.2, 0.25) is 5.95 Å². The maximum Gasteiger partial charge on any atom is 0.340 e. The van der Waals surface area contributed by atoms with Crippen molar-refractivity contribution in [2.24, 2.45) is 0 Å². The van der Waals surface area contributed by atoms with Crippen LogP contribution in [-0.4, -0.2) is 57.0 Å². The summed E-state index contributed by atoms with van der Waals surface area (Å²) < 4.78 is 34.6. The zero-order chi connectivity index (χ0) is 29.9. The van der Waals surface area contributed by atoms with E-state index in [0.717, 1.165) is 5.56 Å². The minimum atomic E-state index is -1.39. The van der Waals surface area contributed by atoms with Gasteiger partial charge in [0, 0.05) is 36.8 Å². The van der Waals surface area contributed by atoms with Crippen LogP contribution in [0.2, 0.25) is 5.02 Å². The lowest BCUT2D eigenvalue weighted by molar-refractivity contribution is 0.0482. The Kier molecular flexibility index (Phi) is 7.01. The number of carboxylic acids is 1. The number of benzene rings is 1. The summed E-state index contributed by atoms with van der Waals surface area (Å²) >= 11 is 5.87. The molecule has 0 radical (unpaired) electrons. The number of pyridine rings is 2. The fourth-order valence-electron chi connectivity index (χ4n) is 5.11. The highest BCUT2D eigenvalue weighted by Gasteiger charge is 2.39. The van der Waals surface area contributed by atoms with Crippen LogP contribution in [0.15, 0.2) is 46.9 Å². The van der Waals surface area contributed by atoms with Gasteiger partial charge in [0.15, 0.2) is 11.3 Å². The fourth-order valence-corrected chi connectivity index (χ4v) is 5.23. The molecule has 0 aliphatic carbocycles. The van der Waals surface area contributed by atoms with E-state index in [-0.39, 0.29) is 22.1 Å². The molecule has 0 saturated carbocycles. The molecule has 1 saturated heterocycles. The maximum atomic E-state index is 14.2. The smallest absolute Gasteiger partial charge is 0.340 e. The second kappa shape index (κ2) is 10.1. The SMILES string of the molecule is CC(C)(C)c1cc(-c2ccc(Cl)c(F)c2)nc2cc(C(=O)N3CCN(c4ccc(C(=O)O)c(F)n4)CC3(C)C)oc12. The van der Waals surface area contributed by atoms with Crippen LogP contribution >= 0.6 is 11.6 Å². The summed E-state index contributed by atoms with van der Waals surface area (Å²) in [6.45, 7) is 10.8. The van der Waals surface area contributed by atoms with E-state index in [4.69, 9.17) is 21.1 Å². The standard InChI is InChI=1S/C30H29ClF2N4O4/c1-29(2,3)18-13-21(16-6-8-19(31)20(32)12-16)34-22-14-23(41-25(18)22)27(38)37-11-10-36(15-30(37,4)5)24-9-7-17(28(39)40)26(33)35-24/h6-9,12-14H,10-11,15H2,1-5H3,(H,39,40). The lowest BCUT2D eigenvalue weighted by Crippen LogP contribution is -2.61. The predicted octanol–water partition coefficient (Wildman–Crippen LogP) is 6.56. The quantitative estimate of drug-likeness (QED) is 0.272. The van der Waals surface area contributed by atoms with Crippen LogP contribution in [0.25, 0.3) is 22.4 Å². The second-order valence-corrected chi connectivity index (χ2v) is 12.2. The number of carbonyl (C=O) groups excluding carboxylic acids is 1. The van der Waals surface area contributed by atoms with Gasteiger partial charge in [0.25, 0.3) is 5.91 Å². The first kappa shape index (κ1) is 28.5. The Bertz CT molecular complexity index is 1700. The summed E-state index contributed by atoms with van der Waals surface area (Å²) in [7, 11) is 0. The number of aromatic nitrogens is 2. The van der Waals surface area contributed by atoms with Gasteiger partial charge in [-0.2, -0.15) is 4.39 Å². The third-order valence-electron chi connectivity index (χ3n) is 7.25. The molecule has 0 unspecified atom stereocenters. The van der Waals surface area contributed by atoms with Gasteiger partial charge >= 0.3 is 5.97 Å². The molecule has 1 aliphatic heterocycles. The molecule has 1 fully saturated rings. The molecule has 5 rings (SSSR count). The zero-order valence-corrected chi connectivity index (χ0v) is 24.0. The first-order valence-corrected chi connectivity index (χ1v) is 13.4. The predicted molar refractivity (Wildman–Crippen MR) is 152 cm³/mol. The van der Waals surface area contributed by atoms with Crippen molar-refractivity contribution in [2.75, 3.05) is 24.5 Å². The van der Waals surface area contributed by atoms with Gasteiger partial charge in [-0.1, -0.05) is 38.4 Å². The van der Waals surface area contributed by atoms with Gasteiger partial charge in [-0.05, 0) is 49.6 Å². The molecule has 1 N–H and O–H groups in total. The summed E-state index contributed by atoms with van der Waals surface area (Å²) in [5, 5.41) is 9.11. The molecular formula is C30H29ClF2N4O4. The zero-order valence-electron chi connectivity index (χ0n) is 23.3. The van der Waals surface area contributed by atoms with Gasteiger partial charge in [-0.15, -0.1) is 0 Å². The highest BCUT2D eigenvalue weighted by atomic mass is 35.5. The number of anilines is 1. The number of fused-ring (bicyclic) bond motifs is 1. The highest BCUT2D eigenvalue weighted by Crippen LogP contribution is 2.36. The Labute approximate surface area is 240 Å². The van der Waals surface area contributed by atoms with Gasteiger partial charge in [0.05, 0.1) is 16.3 Å². The Hall–Kier alpha value is -4.05. The van der Waals surface area contributed by atoms with Crippen LogP contribution in [0, 0.1) is 11.8 Å².